The summed E-state index contributed by atoms with van der Waals surface area (Å²) in [7, 11) is 1.77. The van der Waals surface area contributed by atoms with Crippen LogP contribution >= 0.6 is 0 Å². The van der Waals surface area contributed by atoms with Gasteiger partial charge in [0.1, 0.15) is 6.61 Å². The van der Waals surface area contributed by atoms with E-state index >= 15 is 0 Å². The van der Waals surface area contributed by atoms with Gasteiger partial charge in [-0.25, -0.2) is 0 Å². The molecule has 7 rings (SSSR count). The number of piperidine rings is 1. The number of methoxy groups -OCH3 is 1. The second-order valence-corrected chi connectivity index (χ2v) is 11.2. The fourth-order valence-electron chi connectivity index (χ4n) is 7.62. The molecule has 4 nitrogen and oxygen atoms in total. The van der Waals surface area contributed by atoms with E-state index in [0.29, 0.717) is 24.1 Å². The van der Waals surface area contributed by atoms with Crippen molar-refractivity contribution < 1.29 is 14.6 Å². The van der Waals surface area contributed by atoms with Crippen LogP contribution in [0.5, 0.6) is 11.5 Å². The van der Waals surface area contributed by atoms with Gasteiger partial charge in [-0.15, -0.1) is 0 Å². The molecular weight excluding hydrogens is 422 g/mol. The summed E-state index contributed by atoms with van der Waals surface area (Å²) in [5.74, 6) is 3.00. The van der Waals surface area contributed by atoms with Crippen LogP contribution in [0.15, 0.2) is 59.9 Å². The van der Waals surface area contributed by atoms with E-state index in [1.54, 1.807) is 7.11 Å². The smallest absolute Gasteiger partial charge is 0.162 e. The number of rotatable bonds is 6. The average Bonchev–Trinajstić information content (AvgIpc) is 3.75. The Bertz CT molecular complexity index is 1240. The van der Waals surface area contributed by atoms with Gasteiger partial charge in [0.15, 0.2) is 11.5 Å². The first kappa shape index (κ1) is 20.6. The minimum absolute atomic E-state index is 0.179. The molecule has 3 fully saturated rings. The molecule has 2 bridgehead atoms. The van der Waals surface area contributed by atoms with E-state index < -0.39 is 0 Å². The fraction of sp³-hybridized carbons (Fsp3) is 0.467. The quantitative estimate of drug-likeness (QED) is 0.591. The van der Waals surface area contributed by atoms with Gasteiger partial charge in [-0.05, 0) is 72.9 Å². The molecular formula is C30H33NO3. The van der Waals surface area contributed by atoms with E-state index in [9.17, 15) is 5.11 Å². The van der Waals surface area contributed by atoms with Gasteiger partial charge in [0.25, 0.3) is 0 Å². The van der Waals surface area contributed by atoms with E-state index in [2.05, 4.69) is 49.1 Å². The Morgan fingerprint density at radius 3 is 2.68 bits per heavy atom. The number of hydrogen-bond acceptors (Lipinski definition) is 4. The van der Waals surface area contributed by atoms with Crippen LogP contribution in [-0.4, -0.2) is 35.2 Å². The van der Waals surface area contributed by atoms with Crippen LogP contribution in [0.25, 0.3) is 0 Å². The summed E-state index contributed by atoms with van der Waals surface area (Å²) in [5.41, 5.74) is 6.22. The highest BCUT2D eigenvalue weighted by Gasteiger charge is 2.78. The van der Waals surface area contributed by atoms with E-state index in [0.717, 1.165) is 35.6 Å². The molecule has 2 saturated carbocycles. The van der Waals surface area contributed by atoms with Crippen LogP contribution in [-0.2, 0) is 23.2 Å². The maximum absolute atomic E-state index is 11.8. The highest BCUT2D eigenvalue weighted by molar-refractivity contribution is 5.70. The third kappa shape index (κ3) is 2.58. The highest BCUT2D eigenvalue weighted by Crippen LogP contribution is 2.73. The number of phenolic OH excluding ortho intramolecular Hbond substituents is 1. The molecule has 176 valence electrons. The molecule has 0 radical (unpaired) electrons. The number of aromatic hydroxyl groups is 1. The van der Waals surface area contributed by atoms with Gasteiger partial charge in [0.2, 0.25) is 0 Å². The number of benzene rings is 2. The Morgan fingerprint density at radius 2 is 1.94 bits per heavy atom. The van der Waals surface area contributed by atoms with Crippen LogP contribution in [0.4, 0.5) is 0 Å². The Labute approximate surface area is 201 Å². The zero-order chi connectivity index (χ0) is 23.2. The second-order valence-electron chi connectivity index (χ2n) is 11.2. The van der Waals surface area contributed by atoms with Gasteiger partial charge in [-0.1, -0.05) is 43.3 Å². The third-order valence-corrected chi connectivity index (χ3v) is 9.46. The molecule has 2 aromatic carbocycles. The summed E-state index contributed by atoms with van der Waals surface area (Å²) in [6, 6.07) is 12.7. The molecule has 1 heterocycles. The molecule has 1 saturated heterocycles. The molecule has 5 atom stereocenters. The van der Waals surface area contributed by atoms with Crippen molar-refractivity contribution in [3.05, 3.63) is 82.1 Å². The predicted molar refractivity (Wildman–Crippen MR) is 132 cm³/mol. The van der Waals surface area contributed by atoms with Crippen molar-refractivity contribution in [1.82, 2.24) is 4.90 Å². The van der Waals surface area contributed by atoms with Crippen LogP contribution < -0.4 is 4.74 Å². The van der Waals surface area contributed by atoms with Crippen molar-refractivity contribution in [3.8, 4) is 11.5 Å². The lowest BCUT2D eigenvalue weighted by molar-refractivity contribution is 0.168. The summed E-state index contributed by atoms with van der Waals surface area (Å²) in [5, 5.41) is 11.8. The van der Waals surface area contributed by atoms with Crippen molar-refractivity contribution >= 4 is 0 Å². The molecule has 4 aliphatic carbocycles. The molecule has 1 N–H and O–H groups in total. The van der Waals surface area contributed by atoms with Gasteiger partial charge in [-0.2, -0.15) is 0 Å². The van der Waals surface area contributed by atoms with Gasteiger partial charge >= 0.3 is 0 Å². The molecule has 4 unspecified atom stereocenters. The topological polar surface area (TPSA) is 41.7 Å². The summed E-state index contributed by atoms with van der Waals surface area (Å²) in [4.78, 5) is 2.78. The van der Waals surface area contributed by atoms with E-state index in [-0.39, 0.29) is 16.9 Å². The maximum Gasteiger partial charge on any atom is 0.162 e. The molecule has 2 spiro atoms. The number of hydrogen-bond donors (Lipinski definition) is 1. The standard InChI is InChI=1S/C30H33NO3/c1-18-13-25(34-16-21-7-5-4-6-8-21)27(32)26-22(18)14-29-17-30(26)19(2)24(33-3)12-11-23(30)28(29)31(29)15-20-9-10-20/h4-8,11-13,19-20,28,32H,9-10,14-17H2,1-3H3/t19?,28-,29?,30?,31?/m1/s1. The average molecular weight is 456 g/mol. The lowest BCUT2D eigenvalue weighted by Crippen LogP contribution is -2.46. The first-order valence-corrected chi connectivity index (χ1v) is 12.8. The van der Waals surface area contributed by atoms with Crippen molar-refractivity contribution in [2.24, 2.45) is 11.8 Å². The Hall–Kier alpha value is -2.72. The number of allylic oxidation sites excluding steroid dienone is 3. The highest BCUT2D eigenvalue weighted by atomic mass is 16.5. The van der Waals surface area contributed by atoms with Crippen LogP contribution in [0.3, 0.4) is 0 Å². The van der Waals surface area contributed by atoms with Gasteiger partial charge < -0.3 is 14.6 Å². The molecule has 0 amide bonds. The Morgan fingerprint density at radius 1 is 1.15 bits per heavy atom. The minimum atomic E-state index is -0.223. The van der Waals surface area contributed by atoms with E-state index in [1.165, 1.54) is 36.1 Å². The minimum Gasteiger partial charge on any atom is -0.504 e. The van der Waals surface area contributed by atoms with Crippen LogP contribution in [0.2, 0.25) is 0 Å². The van der Waals surface area contributed by atoms with Gasteiger partial charge in [-0.3, -0.25) is 4.90 Å². The summed E-state index contributed by atoms with van der Waals surface area (Å²) >= 11 is 0. The summed E-state index contributed by atoms with van der Waals surface area (Å²) in [6.07, 6.45) is 9.34. The fourth-order valence-corrected chi connectivity index (χ4v) is 7.62. The lowest BCUT2D eigenvalue weighted by atomic mass is 9.59. The van der Waals surface area contributed by atoms with E-state index in [1.807, 2.05) is 18.2 Å². The molecule has 5 aliphatic rings. The number of aryl methyl sites for hydroxylation is 1. The van der Waals surface area contributed by atoms with Gasteiger partial charge in [0, 0.05) is 29.0 Å². The number of fused-ring (bicyclic) bond motifs is 2. The number of ether oxygens (including phenoxy) is 2. The monoisotopic (exact) mass is 455 g/mol. The van der Waals surface area contributed by atoms with Crippen molar-refractivity contribution in [1.29, 1.82) is 0 Å². The summed E-state index contributed by atoms with van der Waals surface area (Å²) in [6.45, 7) is 6.15. The number of phenols is 1. The Kier molecular flexibility index (Phi) is 4.20. The SMILES string of the molecule is COC1=CC=C2[C@H]3N(CC4CC4)C34Cc3c(C)cc(OCc5ccccc5)c(O)c3C2(C4)C1C. The first-order chi connectivity index (χ1) is 16.5. The number of likely N-dealkylation sites (tertiary alicyclic amines) is 1. The molecule has 0 aromatic heterocycles. The molecule has 4 heteroatoms. The normalized spacial score (nSPS) is 34.4. The Balaban J connectivity index is 1.35. The zero-order valence-corrected chi connectivity index (χ0v) is 20.3. The molecule has 2 aromatic rings. The maximum atomic E-state index is 11.8. The lowest BCUT2D eigenvalue weighted by Gasteiger charge is -2.47. The van der Waals surface area contributed by atoms with Crippen LogP contribution in [0.1, 0.15) is 48.4 Å². The van der Waals surface area contributed by atoms with Gasteiger partial charge in [0.05, 0.1) is 18.9 Å². The zero-order valence-electron chi connectivity index (χ0n) is 20.3. The second kappa shape index (κ2) is 6.91. The van der Waals surface area contributed by atoms with Crippen molar-refractivity contribution in [2.45, 2.75) is 63.1 Å². The van der Waals surface area contributed by atoms with Crippen LogP contribution in [0, 0.1) is 18.8 Å². The summed E-state index contributed by atoms with van der Waals surface area (Å²) < 4.78 is 12.1. The largest absolute Gasteiger partial charge is 0.504 e. The van der Waals surface area contributed by atoms with E-state index in [4.69, 9.17) is 9.47 Å². The molecule has 34 heavy (non-hydrogen) atoms. The predicted octanol–water partition coefficient (Wildman–Crippen LogP) is 5.42. The first-order valence-electron chi connectivity index (χ1n) is 12.8. The van der Waals surface area contributed by atoms with Crippen molar-refractivity contribution in [3.63, 3.8) is 0 Å². The third-order valence-electron chi connectivity index (χ3n) is 9.46. The molecule has 1 aliphatic heterocycles. The number of nitrogens with zero attached hydrogens (tertiary/aromatic N) is 1. The van der Waals surface area contributed by atoms with Crippen molar-refractivity contribution in [2.75, 3.05) is 13.7 Å².